The van der Waals surface area contributed by atoms with E-state index in [1.165, 1.54) is 6.33 Å². The van der Waals surface area contributed by atoms with Crippen molar-refractivity contribution in [1.82, 2.24) is 19.7 Å². The number of amides is 1. The van der Waals surface area contributed by atoms with Crippen LogP contribution in [0.2, 0.25) is 0 Å². The highest BCUT2D eigenvalue weighted by Gasteiger charge is 2.08. The number of anilines is 1. The van der Waals surface area contributed by atoms with Gasteiger partial charge in [-0.25, -0.2) is 4.98 Å². The van der Waals surface area contributed by atoms with Gasteiger partial charge in [0.1, 0.15) is 6.33 Å². The van der Waals surface area contributed by atoms with E-state index in [1.807, 2.05) is 53.4 Å². The Labute approximate surface area is 109 Å². The fourth-order valence-electron chi connectivity index (χ4n) is 1.76. The van der Waals surface area contributed by atoms with Crippen molar-refractivity contribution in [1.29, 1.82) is 0 Å². The van der Waals surface area contributed by atoms with Crippen LogP contribution >= 0.6 is 0 Å². The minimum atomic E-state index is -0.317. The lowest BCUT2D eigenvalue weighted by molar-refractivity contribution is 0.101. The number of rotatable bonds is 3. The van der Waals surface area contributed by atoms with Gasteiger partial charge in [0, 0.05) is 23.8 Å². The van der Waals surface area contributed by atoms with Gasteiger partial charge in [0.25, 0.3) is 5.91 Å². The molecule has 1 amide bonds. The van der Waals surface area contributed by atoms with E-state index in [1.54, 1.807) is 0 Å². The number of carbonyl (C=O) groups is 1. The van der Waals surface area contributed by atoms with Crippen molar-refractivity contribution in [3.8, 4) is 5.69 Å². The van der Waals surface area contributed by atoms with Crippen LogP contribution in [0.4, 0.5) is 5.69 Å². The highest BCUT2D eigenvalue weighted by atomic mass is 16.2. The van der Waals surface area contributed by atoms with Gasteiger partial charge in [0.2, 0.25) is 5.82 Å². The minimum absolute atomic E-state index is 0.186. The molecule has 2 aromatic heterocycles. The number of H-pyrrole nitrogens is 1. The monoisotopic (exact) mass is 253 g/mol. The van der Waals surface area contributed by atoms with E-state index < -0.39 is 0 Å². The second-order valence-corrected chi connectivity index (χ2v) is 3.93. The van der Waals surface area contributed by atoms with Gasteiger partial charge in [-0.15, -0.1) is 0 Å². The van der Waals surface area contributed by atoms with Crippen molar-refractivity contribution in [3.63, 3.8) is 0 Å². The van der Waals surface area contributed by atoms with Gasteiger partial charge in [-0.2, -0.15) is 5.10 Å². The van der Waals surface area contributed by atoms with Crippen molar-refractivity contribution < 1.29 is 4.79 Å². The molecule has 0 aliphatic rings. The van der Waals surface area contributed by atoms with Crippen LogP contribution in [0.3, 0.4) is 0 Å². The third-order valence-corrected chi connectivity index (χ3v) is 2.64. The van der Waals surface area contributed by atoms with Crippen LogP contribution < -0.4 is 5.32 Å². The molecule has 3 rings (SSSR count). The van der Waals surface area contributed by atoms with E-state index in [0.717, 1.165) is 5.69 Å². The number of hydrogen-bond acceptors (Lipinski definition) is 3. The third-order valence-electron chi connectivity index (χ3n) is 2.64. The van der Waals surface area contributed by atoms with Crippen LogP contribution in [0, 0.1) is 0 Å². The molecule has 2 heterocycles. The second-order valence-electron chi connectivity index (χ2n) is 3.93. The maximum absolute atomic E-state index is 11.8. The second kappa shape index (κ2) is 4.77. The van der Waals surface area contributed by atoms with Gasteiger partial charge in [-0.05, 0) is 30.3 Å². The molecule has 0 spiro atoms. The Morgan fingerprint density at radius 2 is 2.05 bits per heavy atom. The number of nitrogens with one attached hydrogen (secondary N) is 2. The zero-order valence-electron chi connectivity index (χ0n) is 9.95. The third kappa shape index (κ3) is 2.37. The Morgan fingerprint density at radius 3 is 2.79 bits per heavy atom. The first-order chi connectivity index (χ1) is 9.33. The molecule has 6 heteroatoms. The van der Waals surface area contributed by atoms with E-state index in [-0.39, 0.29) is 11.7 Å². The van der Waals surface area contributed by atoms with Crippen molar-refractivity contribution in [2.45, 2.75) is 0 Å². The van der Waals surface area contributed by atoms with Crippen LogP contribution in [-0.2, 0) is 0 Å². The molecule has 2 N–H and O–H groups in total. The Hall–Kier alpha value is -2.89. The predicted octanol–water partition coefficient (Wildman–Crippen LogP) is 1.85. The van der Waals surface area contributed by atoms with Crippen molar-refractivity contribution in [2.75, 3.05) is 5.32 Å². The summed E-state index contributed by atoms with van der Waals surface area (Å²) in [5, 5.41) is 8.92. The topological polar surface area (TPSA) is 75.6 Å². The molecule has 0 bridgehead atoms. The van der Waals surface area contributed by atoms with E-state index in [0.29, 0.717) is 5.69 Å². The van der Waals surface area contributed by atoms with E-state index in [2.05, 4.69) is 20.5 Å². The molecule has 3 aromatic rings. The lowest BCUT2D eigenvalue weighted by atomic mass is 10.2. The summed E-state index contributed by atoms with van der Waals surface area (Å²) in [7, 11) is 0. The molecule has 94 valence electrons. The molecule has 0 aliphatic carbocycles. The van der Waals surface area contributed by atoms with Gasteiger partial charge < -0.3 is 9.88 Å². The average Bonchev–Trinajstić information content (AvgIpc) is 3.13. The van der Waals surface area contributed by atoms with Crippen molar-refractivity contribution >= 4 is 11.6 Å². The highest BCUT2D eigenvalue weighted by molar-refractivity contribution is 6.01. The first kappa shape index (κ1) is 11.2. The molecule has 0 saturated heterocycles. The number of hydrogen-bond donors (Lipinski definition) is 2. The quantitative estimate of drug-likeness (QED) is 0.748. The molecular formula is C13H11N5O. The van der Waals surface area contributed by atoms with Crippen LogP contribution in [0.5, 0.6) is 0 Å². The fourth-order valence-corrected chi connectivity index (χ4v) is 1.76. The lowest BCUT2D eigenvalue weighted by Gasteiger charge is -2.07. The summed E-state index contributed by atoms with van der Waals surface area (Å²) in [5.41, 5.74) is 1.67. The van der Waals surface area contributed by atoms with Crippen LogP contribution in [0.15, 0.2) is 55.1 Å². The van der Waals surface area contributed by atoms with Gasteiger partial charge in [0.15, 0.2) is 0 Å². The summed E-state index contributed by atoms with van der Waals surface area (Å²) in [4.78, 5) is 15.6. The molecule has 19 heavy (non-hydrogen) atoms. The molecule has 1 aromatic carbocycles. The predicted molar refractivity (Wildman–Crippen MR) is 70.1 cm³/mol. The molecule has 0 aliphatic heterocycles. The zero-order valence-corrected chi connectivity index (χ0v) is 9.95. The number of aromatic amines is 1. The van der Waals surface area contributed by atoms with Crippen molar-refractivity contribution in [2.24, 2.45) is 0 Å². The minimum Gasteiger partial charge on any atom is -0.324 e. The van der Waals surface area contributed by atoms with Crippen LogP contribution in [0.1, 0.15) is 10.6 Å². The number of aromatic nitrogens is 4. The van der Waals surface area contributed by atoms with Gasteiger partial charge in [-0.3, -0.25) is 9.89 Å². The summed E-state index contributed by atoms with van der Waals surface area (Å²) in [5.74, 6) is -0.131. The molecule has 0 saturated carbocycles. The summed E-state index contributed by atoms with van der Waals surface area (Å²) in [6, 6.07) is 11.4. The summed E-state index contributed by atoms with van der Waals surface area (Å²) in [6.45, 7) is 0. The SMILES string of the molecule is O=C(Nc1cccc(-n2cccc2)c1)c1ncn[nH]1. The number of benzene rings is 1. The van der Waals surface area contributed by atoms with E-state index in [4.69, 9.17) is 0 Å². The number of carbonyl (C=O) groups excluding carboxylic acids is 1. The maximum Gasteiger partial charge on any atom is 0.292 e. The standard InChI is InChI=1S/C13H11N5O/c19-13(12-14-9-15-17-12)16-10-4-3-5-11(8-10)18-6-1-2-7-18/h1-9H,(H,16,19)(H,14,15,17). The largest absolute Gasteiger partial charge is 0.324 e. The van der Waals surface area contributed by atoms with Crippen molar-refractivity contribution in [3.05, 3.63) is 60.9 Å². The molecular weight excluding hydrogens is 242 g/mol. The zero-order chi connectivity index (χ0) is 13.1. The summed E-state index contributed by atoms with van der Waals surface area (Å²) in [6.07, 6.45) is 5.18. The Bertz CT molecular complexity index is 673. The first-order valence-corrected chi connectivity index (χ1v) is 5.73. The number of nitrogens with zero attached hydrogens (tertiary/aromatic N) is 3. The van der Waals surface area contributed by atoms with E-state index in [9.17, 15) is 4.79 Å². The smallest absolute Gasteiger partial charge is 0.292 e. The van der Waals surface area contributed by atoms with E-state index >= 15 is 0 Å². The molecule has 0 unspecified atom stereocenters. The summed E-state index contributed by atoms with van der Waals surface area (Å²) < 4.78 is 1.96. The Morgan fingerprint density at radius 1 is 1.21 bits per heavy atom. The molecule has 0 atom stereocenters. The highest BCUT2D eigenvalue weighted by Crippen LogP contribution is 2.15. The Balaban J connectivity index is 1.82. The molecule has 6 nitrogen and oxygen atoms in total. The fraction of sp³-hybridized carbons (Fsp3) is 0. The van der Waals surface area contributed by atoms with Gasteiger partial charge in [0.05, 0.1) is 0 Å². The maximum atomic E-state index is 11.8. The molecule has 0 radical (unpaired) electrons. The Kier molecular flexibility index (Phi) is 2.82. The lowest BCUT2D eigenvalue weighted by Crippen LogP contribution is -2.13. The van der Waals surface area contributed by atoms with Gasteiger partial charge in [-0.1, -0.05) is 6.07 Å². The first-order valence-electron chi connectivity index (χ1n) is 5.73. The average molecular weight is 253 g/mol. The van der Waals surface area contributed by atoms with Crippen LogP contribution in [-0.4, -0.2) is 25.7 Å². The summed E-state index contributed by atoms with van der Waals surface area (Å²) >= 11 is 0. The molecule has 0 fully saturated rings. The van der Waals surface area contributed by atoms with Crippen LogP contribution in [0.25, 0.3) is 5.69 Å². The van der Waals surface area contributed by atoms with Gasteiger partial charge >= 0.3 is 0 Å². The normalized spacial score (nSPS) is 10.3.